The van der Waals surface area contributed by atoms with E-state index in [0.717, 1.165) is 18.8 Å². The Hall–Kier alpha value is -1.83. The molecule has 0 atom stereocenters. The lowest BCUT2D eigenvalue weighted by Gasteiger charge is -2.40. The van der Waals surface area contributed by atoms with Crippen molar-refractivity contribution in [1.82, 2.24) is 0 Å². The zero-order chi connectivity index (χ0) is 33.2. The summed E-state index contributed by atoms with van der Waals surface area (Å²) in [5.41, 5.74) is -2.43. The van der Waals surface area contributed by atoms with Crippen molar-refractivity contribution >= 4 is 0 Å². The Balaban J connectivity index is 1.26. The third-order valence-electron chi connectivity index (χ3n) is 9.78. The van der Waals surface area contributed by atoms with Gasteiger partial charge in [0.2, 0.25) is 0 Å². The fraction of sp³-hybridized carbons (Fsp3) is 0.806. The van der Waals surface area contributed by atoms with Crippen molar-refractivity contribution in [2.24, 2.45) is 29.6 Å². The summed E-state index contributed by atoms with van der Waals surface area (Å²) in [6.07, 6.45) is -11.8. The molecular weight excluding hydrogens is 629 g/mol. The highest BCUT2D eigenvalue weighted by atomic mass is 19.4. The van der Waals surface area contributed by atoms with E-state index in [2.05, 4.69) is 16.4 Å². The molecule has 0 aromatic heterocycles. The molecular formula is C31H39F11O3. The molecule has 3 nitrogen and oxygen atoms in total. The maximum Gasteiger partial charge on any atom is 0.527 e. The Morgan fingerprint density at radius 1 is 0.644 bits per heavy atom. The number of hydrogen-bond donors (Lipinski definition) is 0. The number of halogens is 11. The van der Waals surface area contributed by atoms with Gasteiger partial charge in [0.05, 0.1) is 17.9 Å². The number of benzene rings is 1. The summed E-state index contributed by atoms with van der Waals surface area (Å²) in [4.78, 5) is 0. The van der Waals surface area contributed by atoms with Crippen molar-refractivity contribution in [1.29, 1.82) is 0 Å². The molecule has 0 heterocycles. The first-order valence-electron chi connectivity index (χ1n) is 15.7. The first-order chi connectivity index (χ1) is 20.9. The van der Waals surface area contributed by atoms with Crippen LogP contribution >= 0.6 is 0 Å². The number of rotatable bonds is 11. The minimum Gasteiger partial charge on any atom is -0.432 e. The predicted molar refractivity (Wildman–Crippen MR) is 141 cm³/mol. The van der Waals surface area contributed by atoms with E-state index in [1.807, 2.05) is 0 Å². The molecule has 3 aliphatic rings. The van der Waals surface area contributed by atoms with Gasteiger partial charge >= 0.3 is 24.7 Å². The third-order valence-corrected chi connectivity index (χ3v) is 9.78. The predicted octanol–water partition coefficient (Wildman–Crippen LogP) is 11.1. The lowest BCUT2D eigenvalue weighted by molar-refractivity contribution is -0.432. The highest BCUT2D eigenvalue weighted by Gasteiger charge is 2.51. The van der Waals surface area contributed by atoms with Gasteiger partial charge in [-0.25, -0.2) is 13.5 Å². The van der Waals surface area contributed by atoms with Crippen molar-refractivity contribution in [3.05, 3.63) is 29.3 Å². The standard InChI is InChI=1S/C31H39F11O3/c1-2-3-18-4-6-19(7-5-18)20-8-10-21(11-9-20)28(34,35)43-23-14-12-22(13-15-23)29(36,37)44-24-16-25(32)27(26(33)17-24)30(38,39)45-31(40,41)42/h16-23H,2-15H2,1H3. The minimum absolute atomic E-state index is 0.110. The second kappa shape index (κ2) is 14.1. The molecule has 0 bridgehead atoms. The highest BCUT2D eigenvalue weighted by molar-refractivity contribution is 5.32. The minimum atomic E-state index is -5.95. The molecule has 3 fully saturated rings. The third kappa shape index (κ3) is 9.38. The van der Waals surface area contributed by atoms with Crippen LogP contribution in [0.4, 0.5) is 48.3 Å². The molecule has 0 spiro atoms. The van der Waals surface area contributed by atoms with Crippen LogP contribution in [0, 0.1) is 41.2 Å². The molecule has 4 rings (SSSR count). The van der Waals surface area contributed by atoms with Gasteiger partial charge in [-0.15, -0.1) is 13.2 Å². The van der Waals surface area contributed by atoms with Gasteiger partial charge in [0, 0.05) is 12.1 Å². The molecule has 3 saturated carbocycles. The van der Waals surface area contributed by atoms with E-state index in [1.165, 1.54) is 25.7 Å². The van der Waals surface area contributed by atoms with E-state index in [1.54, 1.807) is 0 Å². The van der Waals surface area contributed by atoms with Gasteiger partial charge in [-0.1, -0.05) is 32.6 Å². The Morgan fingerprint density at radius 3 is 1.60 bits per heavy atom. The molecule has 0 radical (unpaired) electrons. The van der Waals surface area contributed by atoms with Crippen LogP contribution in [0.3, 0.4) is 0 Å². The Bertz CT molecular complexity index is 1080. The monoisotopic (exact) mass is 668 g/mol. The van der Waals surface area contributed by atoms with Crippen LogP contribution in [0.5, 0.6) is 5.75 Å². The molecule has 0 saturated heterocycles. The molecule has 1 aromatic rings. The summed E-state index contributed by atoms with van der Waals surface area (Å²) >= 11 is 0. The molecule has 0 aliphatic heterocycles. The normalized spacial score (nSPS) is 29.1. The summed E-state index contributed by atoms with van der Waals surface area (Å²) in [6.45, 7) is 2.18. The molecule has 3 aliphatic carbocycles. The SMILES string of the molecule is CCCC1CCC(C2CCC(C(F)(F)OC3CCC(C(F)(F)Oc4cc(F)c(C(F)(F)OC(F)(F)F)c(F)c4)CC3)CC2)CC1. The maximum atomic E-state index is 15.1. The van der Waals surface area contributed by atoms with Crippen LogP contribution in [0.25, 0.3) is 0 Å². The van der Waals surface area contributed by atoms with Gasteiger partial charge in [0.25, 0.3) is 0 Å². The van der Waals surface area contributed by atoms with Crippen molar-refractivity contribution < 1.29 is 62.5 Å². The molecule has 1 aromatic carbocycles. The van der Waals surface area contributed by atoms with Crippen LogP contribution in [0.1, 0.15) is 102 Å². The molecule has 0 unspecified atom stereocenters. The zero-order valence-electron chi connectivity index (χ0n) is 24.9. The first-order valence-corrected chi connectivity index (χ1v) is 15.7. The fourth-order valence-corrected chi connectivity index (χ4v) is 7.44. The van der Waals surface area contributed by atoms with Gasteiger partial charge in [-0.3, -0.25) is 0 Å². The second-order valence-electron chi connectivity index (χ2n) is 12.8. The van der Waals surface area contributed by atoms with E-state index in [9.17, 15) is 39.5 Å². The van der Waals surface area contributed by atoms with Crippen molar-refractivity contribution in [3.8, 4) is 5.75 Å². The van der Waals surface area contributed by atoms with Crippen LogP contribution in [0.2, 0.25) is 0 Å². The molecule has 0 N–H and O–H groups in total. The number of hydrogen-bond acceptors (Lipinski definition) is 3. The summed E-state index contributed by atoms with van der Waals surface area (Å²) in [5, 5.41) is 0. The number of ether oxygens (including phenoxy) is 3. The Morgan fingerprint density at radius 2 is 1.11 bits per heavy atom. The van der Waals surface area contributed by atoms with Crippen LogP contribution in [-0.4, -0.2) is 24.7 Å². The summed E-state index contributed by atoms with van der Waals surface area (Å²) in [6, 6.07) is -0.219. The van der Waals surface area contributed by atoms with Crippen LogP contribution in [-0.2, 0) is 15.6 Å². The zero-order valence-corrected chi connectivity index (χ0v) is 24.9. The lowest BCUT2D eigenvalue weighted by atomic mass is 9.68. The van der Waals surface area contributed by atoms with Crippen molar-refractivity contribution in [2.75, 3.05) is 0 Å². The van der Waals surface area contributed by atoms with Gasteiger partial charge < -0.3 is 9.47 Å². The van der Waals surface area contributed by atoms with Gasteiger partial charge in [0.1, 0.15) is 22.9 Å². The summed E-state index contributed by atoms with van der Waals surface area (Å²) < 4.78 is 164. The van der Waals surface area contributed by atoms with Gasteiger partial charge in [-0.2, -0.15) is 26.3 Å². The van der Waals surface area contributed by atoms with Crippen LogP contribution < -0.4 is 4.74 Å². The second-order valence-corrected chi connectivity index (χ2v) is 12.8. The van der Waals surface area contributed by atoms with E-state index in [-0.39, 0.29) is 37.8 Å². The molecule has 258 valence electrons. The smallest absolute Gasteiger partial charge is 0.432 e. The molecule has 0 amide bonds. The topological polar surface area (TPSA) is 27.7 Å². The first kappa shape index (κ1) is 36.0. The lowest BCUT2D eigenvalue weighted by Crippen LogP contribution is -2.42. The summed E-state index contributed by atoms with van der Waals surface area (Å²) in [7, 11) is 0. The van der Waals surface area contributed by atoms with E-state index < -0.39 is 65.6 Å². The van der Waals surface area contributed by atoms with Gasteiger partial charge in [0.15, 0.2) is 0 Å². The van der Waals surface area contributed by atoms with Gasteiger partial charge in [-0.05, 0) is 82.0 Å². The van der Waals surface area contributed by atoms with E-state index in [4.69, 9.17) is 4.74 Å². The van der Waals surface area contributed by atoms with E-state index >= 15 is 8.78 Å². The van der Waals surface area contributed by atoms with Crippen molar-refractivity contribution in [2.45, 2.75) is 128 Å². The average molecular weight is 669 g/mol. The highest BCUT2D eigenvalue weighted by Crippen LogP contribution is 2.48. The number of alkyl halides is 9. The van der Waals surface area contributed by atoms with Crippen molar-refractivity contribution in [3.63, 3.8) is 0 Å². The molecule has 14 heteroatoms. The quantitative estimate of drug-likeness (QED) is 0.220. The Kier molecular flexibility index (Phi) is 11.3. The fourth-order valence-electron chi connectivity index (χ4n) is 7.44. The molecule has 45 heavy (non-hydrogen) atoms. The maximum absolute atomic E-state index is 15.1. The largest absolute Gasteiger partial charge is 0.527 e. The average Bonchev–Trinajstić information content (AvgIpc) is 2.92. The van der Waals surface area contributed by atoms with E-state index in [0.29, 0.717) is 37.5 Å². The Labute approximate surface area is 255 Å². The summed E-state index contributed by atoms with van der Waals surface area (Å²) in [5.74, 6) is -6.64. The van der Waals surface area contributed by atoms with Crippen LogP contribution in [0.15, 0.2) is 12.1 Å².